The van der Waals surface area contributed by atoms with E-state index in [0.29, 0.717) is 37.1 Å². The van der Waals surface area contributed by atoms with Crippen molar-refractivity contribution in [1.82, 2.24) is 14.5 Å². The van der Waals surface area contributed by atoms with Crippen LogP contribution in [0.3, 0.4) is 0 Å². The van der Waals surface area contributed by atoms with Crippen LogP contribution in [-0.4, -0.2) is 75.4 Å². The summed E-state index contributed by atoms with van der Waals surface area (Å²) in [5.41, 5.74) is 0.811. The summed E-state index contributed by atoms with van der Waals surface area (Å²) in [6.45, 7) is 2.87. The maximum atomic E-state index is 13.0. The van der Waals surface area contributed by atoms with Crippen LogP contribution < -0.4 is 10.1 Å². The summed E-state index contributed by atoms with van der Waals surface area (Å²) in [6.07, 6.45) is 0. The average Bonchev–Trinajstić information content (AvgIpc) is 2.86. The molecule has 0 saturated carbocycles. The zero-order chi connectivity index (χ0) is 24.7. The normalized spacial score (nSPS) is 15.4. The van der Waals surface area contributed by atoms with Gasteiger partial charge in [-0.2, -0.15) is 4.31 Å². The van der Waals surface area contributed by atoms with Gasteiger partial charge in [0.05, 0.1) is 18.1 Å². The first kappa shape index (κ1) is 26.0. The molecule has 11 heteroatoms. The summed E-state index contributed by atoms with van der Waals surface area (Å²) in [5.74, 6) is -0.357. The van der Waals surface area contributed by atoms with E-state index in [1.807, 2.05) is 0 Å². The average molecular weight is 510 g/mol. The zero-order valence-corrected chi connectivity index (χ0v) is 20.6. The Bertz CT molecular complexity index is 1090. The van der Waals surface area contributed by atoms with Crippen LogP contribution in [0, 0.1) is 0 Å². The molecule has 1 N–H and O–H groups in total. The molecule has 2 aromatic carbocycles. The molecule has 1 heterocycles. The number of ether oxygens (including phenoxy) is 2. The van der Waals surface area contributed by atoms with Gasteiger partial charge >= 0.3 is 0 Å². The van der Waals surface area contributed by atoms with Gasteiger partial charge in [-0.1, -0.05) is 23.7 Å². The van der Waals surface area contributed by atoms with Crippen molar-refractivity contribution < 1.29 is 27.5 Å². The lowest BCUT2D eigenvalue weighted by atomic mass is 10.1. The Balaban J connectivity index is 1.67. The highest BCUT2D eigenvalue weighted by Crippen LogP contribution is 2.21. The van der Waals surface area contributed by atoms with E-state index in [4.69, 9.17) is 21.1 Å². The second kappa shape index (κ2) is 11.7. The molecule has 9 nitrogen and oxygen atoms in total. The van der Waals surface area contributed by atoms with Crippen LogP contribution in [0.25, 0.3) is 0 Å². The molecular formula is C23H28ClN3O6S. The standard InChI is InChI=1S/C23H28ClN3O6S/c1-17(23(29)25-2)27(15-18-3-5-19(24)6-4-18)22(28)16-33-20-7-9-21(10-8-20)34(30,31)26-11-13-32-14-12-26/h3-10,17H,11-16H2,1-2H3,(H,25,29). The molecule has 0 aliphatic carbocycles. The summed E-state index contributed by atoms with van der Waals surface area (Å²) in [7, 11) is -2.11. The minimum atomic E-state index is -3.62. The van der Waals surface area contributed by atoms with Gasteiger partial charge in [0, 0.05) is 31.7 Å². The fraction of sp³-hybridized carbons (Fsp3) is 0.391. The van der Waals surface area contributed by atoms with Gasteiger partial charge in [-0.15, -0.1) is 0 Å². The van der Waals surface area contributed by atoms with E-state index < -0.39 is 22.0 Å². The topological polar surface area (TPSA) is 105 Å². The molecule has 1 aliphatic heterocycles. The monoisotopic (exact) mass is 509 g/mol. The Morgan fingerprint density at radius 3 is 2.32 bits per heavy atom. The molecule has 0 spiro atoms. The third-order valence-electron chi connectivity index (χ3n) is 5.47. The predicted octanol–water partition coefficient (Wildman–Crippen LogP) is 1.90. The van der Waals surface area contributed by atoms with Crippen LogP contribution in [0.1, 0.15) is 12.5 Å². The Hall–Kier alpha value is -2.66. The van der Waals surface area contributed by atoms with Crippen molar-refractivity contribution in [3.05, 3.63) is 59.1 Å². The molecule has 0 aromatic heterocycles. The lowest BCUT2D eigenvalue weighted by Gasteiger charge is -2.28. The van der Waals surface area contributed by atoms with Crippen LogP contribution in [0.4, 0.5) is 0 Å². The predicted molar refractivity (Wildman–Crippen MR) is 127 cm³/mol. The number of hydrogen-bond donors (Lipinski definition) is 1. The lowest BCUT2D eigenvalue weighted by Crippen LogP contribution is -2.48. The summed E-state index contributed by atoms with van der Waals surface area (Å²) < 4.78 is 37.7. The van der Waals surface area contributed by atoms with Crippen molar-refractivity contribution in [3.8, 4) is 5.75 Å². The van der Waals surface area contributed by atoms with Gasteiger partial charge in [0.1, 0.15) is 11.8 Å². The molecule has 1 aliphatic rings. The number of carbonyl (C=O) groups excluding carboxylic acids is 2. The highest BCUT2D eigenvalue weighted by Gasteiger charge is 2.27. The van der Waals surface area contributed by atoms with E-state index in [1.54, 1.807) is 31.2 Å². The zero-order valence-electron chi connectivity index (χ0n) is 19.1. The molecule has 2 aromatic rings. The number of sulfonamides is 1. The largest absolute Gasteiger partial charge is 0.484 e. The van der Waals surface area contributed by atoms with E-state index in [0.717, 1.165) is 5.56 Å². The molecular weight excluding hydrogens is 482 g/mol. The Morgan fingerprint density at radius 1 is 1.12 bits per heavy atom. The van der Waals surface area contributed by atoms with Gasteiger partial charge in [0.25, 0.3) is 5.91 Å². The summed E-state index contributed by atoms with van der Waals surface area (Å²) in [6, 6.07) is 12.2. The molecule has 34 heavy (non-hydrogen) atoms. The smallest absolute Gasteiger partial charge is 0.261 e. The van der Waals surface area contributed by atoms with Crippen LogP contribution in [0.2, 0.25) is 5.02 Å². The van der Waals surface area contributed by atoms with Gasteiger partial charge in [0.15, 0.2) is 6.61 Å². The molecule has 1 unspecified atom stereocenters. The van der Waals surface area contributed by atoms with E-state index in [2.05, 4.69) is 5.32 Å². The Morgan fingerprint density at radius 2 is 1.74 bits per heavy atom. The van der Waals surface area contributed by atoms with E-state index >= 15 is 0 Å². The van der Waals surface area contributed by atoms with Crippen LogP contribution in [0.5, 0.6) is 5.75 Å². The van der Waals surface area contributed by atoms with Crippen LogP contribution >= 0.6 is 11.6 Å². The van der Waals surface area contributed by atoms with Crippen molar-refractivity contribution in [3.63, 3.8) is 0 Å². The summed E-state index contributed by atoms with van der Waals surface area (Å²) >= 11 is 5.94. The number of morpholine rings is 1. The van der Waals surface area contributed by atoms with Crippen molar-refractivity contribution >= 4 is 33.4 Å². The number of halogens is 1. The molecule has 3 rings (SSSR count). The van der Waals surface area contributed by atoms with Crippen LogP contribution in [0.15, 0.2) is 53.4 Å². The Kier molecular flexibility index (Phi) is 8.90. The first-order chi connectivity index (χ1) is 16.2. The van der Waals surface area contributed by atoms with Crippen LogP contribution in [-0.2, 0) is 30.9 Å². The van der Waals surface area contributed by atoms with Crippen molar-refractivity contribution in [2.24, 2.45) is 0 Å². The van der Waals surface area contributed by atoms with Crippen molar-refractivity contribution in [2.45, 2.75) is 24.4 Å². The molecule has 1 saturated heterocycles. The van der Waals surface area contributed by atoms with Crippen molar-refractivity contribution in [1.29, 1.82) is 0 Å². The second-order valence-corrected chi connectivity index (χ2v) is 10.1. The molecule has 1 fully saturated rings. The quantitative estimate of drug-likeness (QED) is 0.553. The number of rotatable bonds is 9. The van der Waals surface area contributed by atoms with Gasteiger partial charge in [0.2, 0.25) is 15.9 Å². The fourth-order valence-electron chi connectivity index (χ4n) is 3.45. The van der Waals surface area contributed by atoms with Gasteiger partial charge < -0.3 is 19.7 Å². The molecule has 184 valence electrons. The molecule has 1 atom stereocenters. The minimum Gasteiger partial charge on any atom is -0.484 e. The number of likely N-dealkylation sites (N-methyl/N-ethyl adjacent to an activating group) is 1. The number of nitrogens with one attached hydrogen (secondary N) is 1. The summed E-state index contributed by atoms with van der Waals surface area (Å²) in [4.78, 5) is 26.7. The second-order valence-electron chi connectivity index (χ2n) is 7.71. The number of carbonyl (C=O) groups is 2. The van der Waals surface area contributed by atoms with E-state index in [9.17, 15) is 18.0 Å². The van der Waals surface area contributed by atoms with E-state index in [1.165, 1.54) is 40.5 Å². The number of hydrogen-bond acceptors (Lipinski definition) is 6. The van der Waals surface area contributed by atoms with Crippen molar-refractivity contribution in [2.75, 3.05) is 40.0 Å². The third kappa shape index (κ3) is 6.47. The Labute approximate surface area is 204 Å². The van der Waals surface area contributed by atoms with Gasteiger partial charge in [-0.3, -0.25) is 9.59 Å². The van der Waals surface area contributed by atoms with Gasteiger partial charge in [-0.25, -0.2) is 8.42 Å². The molecule has 2 amide bonds. The SMILES string of the molecule is CNC(=O)C(C)N(Cc1ccc(Cl)cc1)C(=O)COc1ccc(S(=O)(=O)N2CCOCC2)cc1. The molecule has 0 bridgehead atoms. The third-order valence-corrected chi connectivity index (χ3v) is 7.64. The first-order valence-electron chi connectivity index (χ1n) is 10.8. The maximum absolute atomic E-state index is 13.0. The number of nitrogens with zero attached hydrogens (tertiary/aromatic N) is 2. The minimum absolute atomic E-state index is 0.144. The molecule has 0 radical (unpaired) electrons. The number of benzene rings is 2. The van der Waals surface area contributed by atoms with E-state index in [-0.39, 0.29) is 24.0 Å². The van der Waals surface area contributed by atoms with Gasteiger partial charge in [-0.05, 0) is 48.9 Å². The maximum Gasteiger partial charge on any atom is 0.261 e. The highest BCUT2D eigenvalue weighted by atomic mass is 35.5. The highest BCUT2D eigenvalue weighted by molar-refractivity contribution is 7.89. The fourth-order valence-corrected chi connectivity index (χ4v) is 4.98. The first-order valence-corrected chi connectivity index (χ1v) is 12.6. The number of amides is 2. The lowest BCUT2D eigenvalue weighted by molar-refractivity contribution is -0.142. The summed E-state index contributed by atoms with van der Waals surface area (Å²) in [5, 5.41) is 3.13.